The lowest BCUT2D eigenvalue weighted by atomic mass is 10.1. The fourth-order valence-corrected chi connectivity index (χ4v) is 3.58. The predicted molar refractivity (Wildman–Crippen MR) is 110 cm³/mol. The third-order valence-electron chi connectivity index (χ3n) is 3.69. The van der Waals surface area contributed by atoms with Crippen molar-refractivity contribution in [3.63, 3.8) is 0 Å². The second kappa shape index (κ2) is 9.75. The molecule has 1 saturated heterocycles. The van der Waals surface area contributed by atoms with E-state index in [1.807, 2.05) is 19.1 Å². The van der Waals surface area contributed by atoms with Gasteiger partial charge in [-0.3, -0.25) is 14.5 Å². The van der Waals surface area contributed by atoms with Crippen molar-refractivity contribution in [3.8, 4) is 11.5 Å². The van der Waals surface area contributed by atoms with Gasteiger partial charge in [0.05, 0.1) is 18.1 Å². The summed E-state index contributed by atoms with van der Waals surface area (Å²) in [6.45, 7) is 6.82. The molecule has 2 rings (SSSR count). The minimum Gasteiger partial charge on any atom is -0.490 e. The topological polar surface area (TPSA) is 76.1 Å². The molecule has 1 aliphatic rings. The number of benzene rings is 1. The highest BCUT2D eigenvalue weighted by molar-refractivity contribution is 8.26. The van der Waals surface area contributed by atoms with Gasteiger partial charge in [-0.25, -0.2) is 0 Å². The van der Waals surface area contributed by atoms with E-state index in [2.05, 4.69) is 13.8 Å². The van der Waals surface area contributed by atoms with E-state index in [1.54, 1.807) is 12.1 Å². The first kappa shape index (κ1) is 21.2. The van der Waals surface area contributed by atoms with Crippen LogP contribution in [0.1, 0.15) is 32.8 Å². The molecule has 0 aliphatic carbocycles. The number of amides is 1. The molecular weight excluding hydrogens is 386 g/mol. The maximum absolute atomic E-state index is 12.4. The molecule has 1 fully saturated rings. The number of nitrogens with zero attached hydrogens (tertiary/aromatic N) is 1. The fraction of sp³-hybridized carbons (Fsp3) is 0.421. The summed E-state index contributed by atoms with van der Waals surface area (Å²) < 4.78 is 11.7. The lowest BCUT2D eigenvalue weighted by molar-refractivity contribution is -0.140. The molecule has 1 aliphatic heterocycles. The fourth-order valence-electron chi connectivity index (χ4n) is 2.33. The molecule has 0 bridgehead atoms. The van der Waals surface area contributed by atoms with Crippen molar-refractivity contribution in [2.24, 2.45) is 5.92 Å². The number of aliphatic carboxylic acids is 1. The Balaban J connectivity index is 2.19. The molecule has 1 aromatic carbocycles. The Labute approximate surface area is 168 Å². The third kappa shape index (κ3) is 5.97. The van der Waals surface area contributed by atoms with Gasteiger partial charge in [-0.1, -0.05) is 43.9 Å². The Kier molecular flexibility index (Phi) is 7.67. The average Bonchev–Trinajstić information content (AvgIpc) is 2.84. The van der Waals surface area contributed by atoms with Crippen molar-refractivity contribution in [2.75, 3.05) is 19.8 Å². The van der Waals surface area contributed by atoms with Crippen molar-refractivity contribution in [3.05, 3.63) is 28.7 Å². The smallest absolute Gasteiger partial charge is 0.323 e. The van der Waals surface area contributed by atoms with E-state index in [9.17, 15) is 9.59 Å². The van der Waals surface area contributed by atoms with Crippen LogP contribution in [0.15, 0.2) is 23.1 Å². The van der Waals surface area contributed by atoms with Crippen LogP contribution in [0.2, 0.25) is 0 Å². The van der Waals surface area contributed by atoms with E-state index < -0.39 is 18.4 Å². The highest BCUT2D eigenvalue weighted by Gasteiger charge is 2.33. The first-order valence-electron chi connectivity index (χ1n) is 8.68. The second-order valence-corrected chi connectivity index (χ2v) is 8.01. The Bertz CT molecular complexity index is 760. The second-order valence-electron chi connectivity index (χ2n) is 6.33. The van der Waals surface area contributed by atoms with Gasteiger partial charge in [-0.2, -0.15) is 0 Å². The van der Waals surface area contributed by atoms with Gasteiger partial charge in [-0.15, -0.1) is 0 Å². The first-order valence-corrected chi connectivity index (χ1v) is 9.91. The molecule has 8 heteroatoms. The molecule has 0 spiro atoms. The molecule has 1 heterocycles. The van der Waals surface area contributed by atoms with Crippen LogP contribution >= 0.6 is 24.0 Å². The molecule has 1 amide bonds. The van der Waals surface area contributed by atoms with E-state index in [1.165, 1.54) is 0 Å². The quantitative estimate of drug-likeness (QED) is 0.491. The lowest BCUT2D eigenvalue weighted by Crippen LogP contribution is -2.33. The molecule has 6 nitrogen and oxygen atoms in total. The maximum Gasteiger partial charge on any atom is 0.323 e. The van der Waals surface area contributed by atoms with E-state index in [0.717, 1.165) is 28.6 Å². The summed E-state index contributed by atoms with van der Waals surface area (Å²) in [5.41, 5.74) is 0.755. The van der Waals surface area contributed by atoms with E-state index in [-0.39, 0.29) is 4.32 Å². The molecule has 0 unspecified atom stereocenters. The van der Waals surface area contributed by atoms with E-state index in [0.29, 0.717) is 35.5 Å². The van der Waals surface area contributed by atoms with Crippen LogP contribution in [0.4, 0.5) is 0 Å². The Hall–Kier alpha value is -2.06. The summed E-state index contributed by atoms with van der Waals surface area (Å²) in [4.78, 5) is 24.7. The molecule has 1 aromatic rings. The van der Waals surface area contributed by atoms with Crippen LogP contribution in [-0.2, 0) is 9.59 Å². The third-order valence-corrected chi connectivity index (χ3v) is 5.06. The number of hydrogen-bond acceptors (Lipinski definition) is 6. The molecule has 146 valence electrons. The number of carboxylic acids is 1. The first-order chi connectivity index (χ1) is 12.8. The van der Waals surface area contributed by atoms with Crippen LogP contribution in [0.5, 0.6) is 11.5 Å². The van der Waals surface area contributed by atoms with E-state index >= 15 is 0 Å². The van der Waals surface area contributed by atoms with Crippen molar-refractivity contribution in [2.45, 2.75) is 27.2 Å². The molecule has 0 saturated carbocycles. The number of hydrogen-bond donors (Lipinski definition) is 1. The van der Waals surface area contributed by atoms with Gasteiger partial charge in [0.1, 0.15) is 10.9 Å². The van der Waals surface area contributed by atoms with Crippen molar-refractivity contribution in [1.29, 1.82) is 0 Å². The van der Waals surface area contributed by atoms with Crippen molar-refractivity contribution < 1.29 is 24.2 Å². The number of thioether (sulfide) groups is 1. The minimum absolute atomic E-state index is 0.243. The van der Waals surface area contributed by atoms with Gasteiger partial charge < -0.3 is 14.6 Å². The standard InChI is InChI=1S/C19H23NO5S2/c1-4-24-15-9-13(5-6-14(15)25-8-7-12(2)3)10-16-18(23)20(11-17(21)22)19(26)27-16/h5-6,9-10,12H,4,7-8,11H2,1-3H3,(H,21,22)/b16-10-. The number of carbonyl (C=O) groups is 2. The van der Waals surface area contributed by atoms with Crippen LogP contribution in [0.3, 0.4) is 0 Å². The summed E-state index contributed by atoms with van der Waals surface area (Å²) in [6, 6.07) is 5.45. The van der Waals surface area contributed by atoms with Gasteiger partial charge in [0.15, 0.2) is 11.5 Å². The zero-order valence-corrected chi connectivity index (χ0v) is 17.2. The van der Waals surface area contributed by atoms with Gasteiger partial charge in [0.2, 0.25) is 0 Å². The molecular formula is C19H23NO5S2. The Morgan fingerprint density at radius 3 is 2.70 bits per heavy atom. The minimum atomic E-state index is -1.10. The number of thiocarbonyl (C=S) groups is 1. The molecule has 27 heavy (non-hydrogen) atoms. The Morgan fingerprint density at radius 1 is 1.33 bits per heavy atom. The van der Waals surface area contributed by atoms with Crippen LogP contribution in [0, 0.1) is 5.92 Å². The summed E-state index contributed by atoms with van der Waals surface area (Å²) >= 11 is 6.20. The Morgan fingerprint density at radius 2 is 2.07 bits per heavy atom. The van der Waals surface area contributed by atoms with Crippen LogP contribution < -0.4 is 9.47 Å². The van der Waals surface area contributed by atoms with Gasteiger partial charge in [-0.05, 0) is 43.0 Å². The lowest BCUT2D eigenvalue weighted by Gasteiger charge is -2.13. The predicted octanol–water partition coefficient (Wildman–Crippen LogP) is 3.80. The summed E-state index contributed by atoms with van der Waals surface area (Å²) in [5, 5.41) is 8.90. The molecule has 0 radical (unpaired) electrons. The molecule has 0 aromatic heterocycles. The SMILES string of the molecule is CCOc1cc(/C=C2\SC(=S)N(CC(=O)O)C2=O)ccc1OCCC(C)C. The summed E-state index contributed by atoms with van der Waals surface area (Å²) in [5.74, 6) is 0.313. The summed E-state index contributed by atoms with van der Waals surface area (Å²) in [6.07, 6.45) is 2.63. The summed E-state index contributed by atoms with van der Waals surface area (Å²) in [7, 11) is 0. The number of carbonyl (C=O) groups excluding carboxylic acids is 1. The van der Waals surface area contributed by atoms with Crippen LogP contribution in [0.25, 0.3) is 6.08 Å². The van der Waals surface area contributed by atoms with Gasteiger partial charge in [0.25, 0.3) is 5.91 Å². The van der Waals surface area contributed by atoms with Gasteiger partial charge >= 0.3 is 5.97 Å². The van der Waals surface area contributed by atoms with Gasteiger partial charge in [0, 0.05) is 0 Å². The van der Waals surface area contributed by atoms with Crippen LogP contribution in [-0.4, -0.2) is 46.0 Å². The highest BCUT2D eigenvalue weighted by Crippen LogP contribution is 2.34. The number of ether oxygens (including phenoxy) is 2. The number of carboxylic acid groups (broad SMARTS) is 1. The average molecular weight is 410 g/mol. The zero-order valence-electron chi connectivity index (χ0n) is 15.6. The highest BCUT2D eigenvalue weighted by atomic mass is 32.2. The monoisotopic (exact) mass is 409 g/mol. The van der Waals surface area contributed by atoms with Crippen molar-refractivity contribution >= 4 is 46.3 Å². The number of rotatable bonds is 9. The largest absolute Gasteiger partial charge is 0.490 e. The molecule has 1 N–H and O–H groups in total. The van der Waals surface area contributed by atoms with E-state index in [4.69, 9.17) is 26.8 Å². The normalized spacial score (nSPS) is 15.7. The maximum atomic E-state index is 12.4. The zero-order chi connectivity index (χ0) is 20.0. The molecule has 0 atom stereocenters. The van der Waals surface area contributed by atoms with Crippen molar-refractivity contribution in [1.82, 2.24) is 4.90 Å².